The summed E-state index contributed by atoms with van der Waals surface area (Å²) in [6.07, 6.45) is 4.98. The lowest BCUT2D eigenvalue weighted by molar-refractivity contribution is 0.325. The number of hydrogen-bond donors (Lipinski definition) is 1. The van der Waals surface area contributed by atoms with Gasteiger partial charge in [-0.15, -0.1) is 0 Å². The Morgan fingerprint density at radius 1 is 1.33 bits per heavy atom. The normalized spacial score (nSPS) is 18.5. The minimum Gasteiger partial charge on any atom is -0.478 e. The standard InChI is InChI=1S/C16H28N4O/c1-4-10-20(12-14-8-6-7-9-17-14)15-11-16(21-5-2)19-13(3)18-15/h11,14,17H,4-10,12H2,1-3H3. The number of aromatic nitrogens is 2. The molecule has 5 heteroatoms. The van der Waals surface area contributed by atoms with Crippen LogP contribution in [-0.4, -0.2) is 42.3 Å². The van der Waals surface area contributed by atoms with Crippen molar-refractivity contribution in [3.63, 3.8) is 0 Å². The van der Waals surface area contributed by atoms with Crippen LogP contribution in [0.1, 0.15) is 45.4 Å². The van der Waals surface area contributed by atoms with E-state index < -0.39 is 0 Å². The molecule has 0 aromatic carbocycles. The van der Waals surface area contributed by atoms with Gasteiger partial charge in [-0.1, -0.05) is 13.3 Å². The Morgan fingerprint density at radius 2 is 2.19 bits per heavy atom. The summed E-state index contributed by atoms with van der Waals surface area (Å²) >= 11 is 0. The zero-order chi connectivity index (χ0) is 15.1. The Labute approximate surface area is 128 Å². The molecule has 118 valence electrons. The van der Waals surface area contributed by atoms with E-state index in [1.165, 1.54) is 19.3 Å². The average molecular weight is 292 g/mol. The first-order valence-corrected chi connectivity index (χ1v) is 8.19. The molecule has 0 saturated carbocycles. The predicted octanol–water partition coefficient (Wildman–Crippen LogP) is 2.54. The fourth-order valence-corrected chi connectivity index (χ4v) is 2.82. The summed E-state index contributed by atoms with van der Waals surface area (Å²) in [5, 5.41) is 3.62. The smallest absolute Gasteiger partial charge is 0.218 e. The van der Waals surface area contributed by atoms with Gasteiger partial charge in [0.1, 0.15) is 11.6 Å². The molecule has 1 fully saturated rings. The maximum absolute atomic E-state index is 5.55. The number of hydrogen-bond acceptors (Lipinski definition) is 5. The maximum Gasteiger partial charge on any atom is 0.218 e. The van der Waals surface area contributed by atoms with Gasteiger partial charge in [-0.25, -0.2) is 4.98 Å². The number of nitrogens with one attached hydrogen (secondary N) is 1. The van der Waals surface area contributed by atoms with Crippen LogP contribution in [0.15, 0.2) is 6.07 Å². The molecule has 1 atom stereocenters. The van der Waals surface area contributed by atoms with Crippen molar-refractivity contribution in [1.82, 2.24) is 15.3 Å². The first-order valence-electron chi connectivity index (χ1n) is 8.19. The molecule has 0 radical (unpaired) electrons. The Morgan fingerprint density at radius 3 is 2.86 bits per heavy atom. The number of rotatable bonds is 7. The van der Waals surface area contributed by atoms with Crippen LogP contribution < -0.4 is 15.0 Å². The summed E-state index contributed by atoms with van der Waals surface area (Å²) in [5.74, 6) is 2.44. The molecule has 0 amide bonds. The number of nitrogens with zero attached hydrogens (tertiary/aromatic N) is 3. The van der Waals surface area contributed by atoms with Crippen molar-refractivity contribution >= 4 is 5.82 Å². The molecule has 0 aliphatic carbocycles. The van der Waals surface area contributed by atoms with Gasteiger partial charge in [0.05, 0.1) is 6.61 Å². The van der Waals surface area contributed by atoms with E-state index in [2.05, 4.69) is 27.1 Å². The molecule has 2 rings (SSSR count). The average Bonchev–Trinajstić information content (AvgIpc) is 2.48. The van der Waals surface area contributed by atoms with Crippen molar-refractivity contribution < 1.29 is 4.74 Å². The third-order valence-electron chi connectivity index (χ3n) is 3.76. The SMILES string of the molecule is CCCN(CC1CCCCN1)c1cc(OCC)nc(C)n1. The third kappa shape index (κ3) is 4.84. The zero-order valence-corrected chi connectivity index (χ0v) is 13.6. The Hall–Kier alpha value is -1.36. The molecule has 0 bridgehead atoms. The zero-order valence-electron chi connectivity index (χ0n) is 13.6. The van der Waals surface area contributed by atoms with Gasteiger partial charge in [-0.05, 0) is 39.7 Å². The van der Waals surface area contributed by atoms with Crippen LogP contribution in [0.4, 0.5) is 5.82 Å². The highest BCUT2D eigenvalue weighted by molar-refractivity contribution is 5.42. The van der Waals surface area contributed by atoms with Crippen LogP contribution in [0.3, 0.4) is 0 Å². The maximum atomic E-state index is 5.55. The Bertz CT molecular complexity index is 432. The molecule has 1 aromatic rings. The fourth-order valence-electron chi connectivity index (χ4n) is 2.82. The molecular weight excluding hydrogens is 264 g/mol. The summed E-state index contributed by atoms with van der Waals surface area (Å²) in [6, 6.07) is 2.53. The summed E-state index contributed by atoms with van der Waals surface area (Å²) in [6.45, 7) is 9.90. The Kier molecular flexibility index (Phi) is 6.23. The van der Waals surface area contributed by atoms with E-state index in [1.54, 1.807) is 0 Å². The van der Waals surface area contributed by atoms with Gasteiger partial charge in [0.2, 0.25) is 5.88 Å². The topological polar surface area (TPSA) is 50.3 Å². The molecule has 0 spiro atoms. The number of ether oxygens (including phenoxy) is 1. The van der Waals surface area contributed by atoms with Crippen LogP contribution in [0.2, 0.25) is 0 Å². The molecule has 1 unspecified atom stereocenters. The highest BCUT2D eigenvalue weighted by Gasteiger charge is 2.18. The van der Waals surface area contributed by atoms with Crippen molar-refractivity contribution in [2.45, 2.75) is 52.5 Å². The second-order valence-electron chi connectivity index (χ2n) is 5.64. The summed E-state index contributed by atoms with van der Waals surface area (Å²) < 4.78 is 5.55. The molecule has 5 nitrogen and oxygen atoms in total. The largest absolute Gasteiger partial charge is 0.478 e. The van der Waals surface area contributed by atoms with Crippen molar-refractivity contribution in [2.24, 2.45) is 0 Å². The molecular formula is C16H28N4O. The highest BCUT2D eigenvalue weighted by Crippen LogP contribution is 2.19. The van der Waals surface area contributed by atoms with Crippen LogP contribution in [0, 0.1) is 6.92 Å². The van der Waals surface area contributed by atoms with Crippen LogP contribution in [0.5, 0.6) is 5.88 Å². The van der Waals surface area contributed by atoms with Gasteiger partial charge >= 0.3 is 0 Å². The molecule has 1 N–H and O–H groups in total. The molecule has 1 saturated heterocycles. The lowest BCUT2D eigenvalue weighted by Gasteiger charge is -2.31. The van der Waals surface area contributed by atoms with Crippen molar-refractivity contribution in [1.29, 1.82) is 0 Å². The minimum atomic E-state index is 0.566. The second kappa shape index (κ2) is 8.17. The summed E-state index contributed by atoms with van der Waals surface area (Å²) in [4.78, 5) is 11.3. The van der Waals surface area contributed by atoms with E-state index >= 15 is 0 Å². The molecule has 1 aliphatic rings. The van der Waals surface area contributed by atoms with Crippen molar-refractivity contribution in [3.8, 4) is 5.88 Å². The van der Waals surface area contributed by atoms with E-state index in [1.807, 2.05) is 19.9 Å². The quantitative estimate of drug-likeness (QED) is 0.837. The molecule has 2 heterocycles. The van der Waals surface area contributed by atoms with Crippen molar-refractivity contribution in [3.05, 3.63) is 11.9 Å². The van der Waals surface area contributed by atoms with Gasteiger partial charge in [0, 0.05) is 25.2 Å². The van der Waals surface area contributed by atoms with Gasteiger partial charge < -0.3 is 15.0 Å². The predicted molar refractivity (Wildman–Crippen MR) is 86.1 cm³/mol. The van der Waals surface area contributed by atoms with E-state index in [0.717, 1.165) is 37.7 Å². The molecule has 21 heavy (non-hydrogen) atoms. The lowest BCUT2D eigenvalue weighted by atomic mass is 10.0. The molecule has 1 aliphatic heterocycles. The third-order valence-corrected chi connectivity index (χ3v) is 3.76. The van der Waals surface area contributed by atoms with Gasteiger partial charge in [-0.3, -0.25) is 0 Å². The Balaban J connectivity index is 2.12. The number of aryl methyl sites for hydroxylation is 1. The van der Waals surface area contributed by atoms with Gasteiger partial charge in [-0.2, -0.15) is 4.98 Å². The van der Waals surface area contributed by atoms with Crippen LogP contribution in [-0.2, 0) is 0 Å². The van der Waals surface area contributed by atoms with Crippen LogP contribution in [0.25, 0.3) is 0 Å². The second-order valence-corrected chi connectivity index (χ2v) is 5.64. The fraction of sp³-hybridized carbons (Fsp3) is 0.750. The number of piperidine rings is 1. The number of anilines is 1. The molecule has 1 aromatic heterocycles. The summed E-state index contributed by atoms with van der Waals surface area (Å²) in [7, 11) is 0. The highest BCUT2D eigenvalue weighted by atomic mass is 16.5. The van der Waals surface area contributed by atoms with Gasteiger partial charge in [0.15, 0.2) is 0 Å². The first kappa shape index (κ1) is 16.0. The summed E-state index contributed by atoms with van der Waals surface area (Å²) in [5.41, 5.74) is 0. The minimum absolute atomic E-state index is 0.566. The van der Waals surface area contributed by atoms with E-state index in [0.29, 0.717) is 18.5 Å². The lowest BCUT2D eigenvalue weighted by Crippen LogP contribution is -2.44. The van der Waals surface area contributed by atoms with Gasteiger partial charge in [0.25, 0.3) is 0 Å². The monoisotopic (exact) mass is 292 g/mol. The van der Waals surface area contributed by atoms with E-state index in [-0.39, 0.29) is 0 Å². The van der Waals surface area contributed by atoms with E-state index in [4.69, 9.17) is 4.74 Å². The van der Waals surface area contributed by atoms with E-state index in [9.17, 15) is 0 Å². The van der Waals surface area contributed by atoms with Crippen LogP contribution >= 0.6 is 0 Å². The first-order chi connectivity index (χ1) is 10.2. The van der Waals surface area contributed by atoms with Crippen molar-refractivity contribution in [2.75, 3.05) is 31.1 Å².